The molecule has 0 spiro atoms. The minimum atomic E-state index is 1.08. The summed E-state index contributed by atoms with van der Waals surface area (Å²) in [4.78, 5) is 5.06. The van der Waals surface area contributed by atoms with Crippen LogP contribution in [0.1, 0.15) is 0 Å². The molecule has 0 aliphatic carbocycles. The number of nitrogens with zero attached hydrogens (tertiary/aromatic N) is 2. The number of para-hydroxylation sites is 1. The first-order chi connectivity index (χ1) is 12.9. The molecule has 7 rings (SSSR count). The van der Waals surface area contributed by atoms with Crippen molar-refractivity contribution in [2.45, 2.75) is 0 Å². The number of benzene rings is 3. The Morgan fingerprint density at radius 3 is 2.69 bits per heavy atom. The molecule has 0 amide bonds. The van der Waals surface area contributed by atoms with Crippen molar-refractivity contribution >= 4 is 70.6 Å². The highest BCUT2D eigenvalue weighted by molar-refractivity contribution is 7.17. The fraction of sp³-hybridized carbons (Fsp3) is 0. The van der Waals surface area contributed by atoms with E-state index < -0.39 is 0 Å². The molecule has 4 aromatic heterocycles. The molecular formula is C23H12N2S. The number of rotatable bonds is 0. The van der Waals surface area contributed by atoms with Gasteiger partial charge in [-0.15, -0.1) is 11.3 Å². The second kappa shape index (κ2) is 4.32. The van der Waals surface area contributed by atoms with Gasteiger partial charge >= 0.3 is 0 Å². The van der Waals surface area contributed by atoms with Gasteiger partial charge in [0.2, 0.25) is 0 Å². The van der Waals surface area contributed by atoms with Gasteiger partial charge in [0.1, 0.15) is 0 Å². The zero-order chi connectivity index (χ0) is 16.8. The number of hydrogen-bond donors (Lipinski definition) is 0. The summed E-state index contributed by atoms with van der Waals surface area (Å²) in [6, 6.07) is 24.2. The average molecular weight is 348 g/mol. The van der Waals surface area contributed by atoms with E-state index >= 15 is 0 Å². The number of thiophene rings is 1. The maximum absolute atomic E-state index is 5.06. The van der Waals surface area contributed by atoms with E-state index in [4.69, 9.17) is 4.98 Å². The van der Waals surface area contributed by atoms with Crippen molar-refractivity contribution in [1.82, 2.24) is 9.38 Å². The minimum absolute atomic E-state index is 1.08. The van der Waals surface area contributed by atoms with Crippen molar-refractivity contribution in [3.63, 3.8) is 0 Å². The highest BCUT2D eigenvalue weighted by atomic mass is 32.1. The lowest BCUT2D eigenvalue weighted by atomic mass is 10.0. The summed E-state index contributed by atoms with van der Waals surface area (Å²) in [7, 11) is 0. The van der Waals surface area contributed by atoms with Crippen molar-refractivity contribution in [1.29, 1.82) is 0 Å². The molecule has 0 saturated heterocycles. The Balaban J connectivity index is 1.99. The zero-order valence-electron chi connectivity index (χ0n) is 13.7. The lowest BCUT2D eigenvalue weighted by molar-refractivity contribution is 1.34. The van der Waals surface area contributed by atoms with Crippen molar-refractivity contribution in [2.24, 2.45) is 0 Å². The molecule has 0 aliphatic rings. The van der Waals surface area contributed by atoms with Crippen molar-refractivity contribution in [2.75, 3.05) is 0 Å². The lowest BCUT2D eigenvalue weighted by Gasteiger charge is -2.12. The van der Waals surface area contributed by atoms with Crippen molar-refractivity contribution in [3.8, 4) is 0 Å². The van der Waals surface area contributed by atoms with Gasteiger partial charge in [-0.2, -0.15) is 0 Å². The van der Waals surface area contributed by atoms with Gasteiger partial charge in [0.15, 0.2) is 0 Å². The summed E-state index contributed by atoms with van der Waals surface area (Å²) in [6.07, 6.45) is 0. The summed E-state index contributed by atoms with van der Waals surface area (Å²) in [5.74, 6) is 0. The highest BCUT2D eigenvalue weighted by Gasteiger charge is 2.18. The Hall–Kier alpha value is -3.17. The molecule has 0 aliphatic heterocycles. The largest absolute Gasteiger partial charge is 0.306 e. The molecule has 7 aromatic rings. The zero-order valence-corrected chi connectivity index (χ0v) is 14.5. The van der Waals surface area contributed by atoms with Crippen LogP contribution in [0.3, 0.4) is 0 Å². The normalized spacial score (nSPS) is 12.6. The number of hydrogen-bond acceptors (Lipinski definition) is 2. The van der Waals surface area contributed by atoms with Crippen molar-refractivity contribution < 1.29 is 0 Å². The van der Waals surface area contributed by atoms with E-state index in [0.29, 0.717) is 0 Å². The number of fused-ring (bicyclic) bond motifs is 7. The summed E-state index contributed by atoms with van der Waals surface area (Å²) < 4.78 is 3.66. The van der Waals surface area contributed by atoms with Crippen LogP contribution in [0.15, 0.2) is 72.1 Å². The molecule has 0 N–H and O–H groups in total. The quantitative estimate of drug-likeness (QED) is 0.223. The van der Waals surface area contributed by atoms with Crippen LogP contribution >= 0.6 is 11.3 Å². The highest BCUT2D eigenvalue weighted by Crippen LogP contribution is 2.41. The Labute approximate surface area is 152 Å². The first-order valence-electron chi connectivity index (χ1n) is 8.74. The monoisotopic (exact) mass is 348 g/mol. The molecule has 0 radical (unpaired) electrons. The minimum Gasteiger partial charge on any atom is -0.306 e. The van der Waals surface area contributed by atoms with Crippen LogP contribution in [0.25, 0.3) is 59.2 Å². The van der Waals surface area contributed by atoms with E-state index in [9.17, 15) is 0 Å². The Morgan fingerprint density at radius 2 is 1.69 bits per heavy atom. The van der Waals surface area contributed by atoms with Gasteiger partial charge in [-0.3, -0.25) is 0 Å². The van der Waals surface area contributed by atoms with Crippen LogP contribution in [0.2, 0.25) is 0 Å². The fourth-order valence-electron chi connectivity index (χ4n) is 4.53. The molecular weight excluding hydrogens is 336 g/mol. The number of pyridine rings is 2. The van der Waals surface area contributed by atoms with Crippen LogP contribution in [-0.2, 0) is 0 Å². The molecule has 26 heavy (non-hydrogen) atoms. The Morgan fingerprint density at radius 1 is 0.769 bits per heavy atom. The van der Waals surface area contributed by atoms with Crippen LogP contribution in [0, 0.1) is 0 Å². The van der Waals surface area contributed by atoms with Gasteiger partial charge in [0.05, 0.1) is 32.3 Å². The van der Waals surface area contributed by atoms with Crippen LogP contribution in [-0.4, -0.2) is 9.38 Å². The average Bonchev–Trinajstić information content (AvgIpc) is 3.28. The molecule has 0 bridgehead atoms. The standard InChI is InChI=1S/C23H12N2S/c1-2-7-18-14(5-1)15-9-8-13-4-3-6-16-21(13)23(15)25(18)19-12-20-17(10-11-26-20)24-22(16)19/h1-12H. The topological polar surface area (TPSA) is 17.3 Å². The second-order valence-electron chi connectivity index (χ2n) is 6.88. The first kappa shape index (κ1) is 13.1. The third-order valence-electron chi connectivity index (χ3n) is 5.59. The van der Waals surface area contributed by atoms with Gasteiger partial charge < -0.3 is 4.40 Å². The van der Waals surface area contributed by atoms with E-state index in [-0.39, 0.29) is 0 Å². The Bertz CT molecular complexity index is 1630. The van der Waals surface area contributed by atoms with Crippen LogP contribution in [0.5, 0.6) is 0 Å². The first-order valence-corrected chi connectivity index (χ1v) is 9.62. The van der Waals surface area contributed by atoms with Crippen LogP contribution < -0.4 is 0 Å². The summed E-state index contributed by atoms with van der Waals surface area (Å²) in [5.41, 5.74) is 5.92. The van der Waals surface area contributed by atoms with Gasteiger partial charge in [0.25, 0.3) is 0 Å². The molecule has 4 heterocycles. The molecule has 0 fully saturated rings. The van der Waals surface area contributed by atoms with Gasteiger partial charge in [-0.1, -0.05) is 48.5 Å². The van der Waals surface area contributed by atoms with E-state index in [1.807, 2.05) is 0 Å². The third-order valence-corrected chi connectivity index (χ3v) is 6.44. The molecule has 0 saturated carbocycles. The SMILES string of the molecule is c1cc2ccc3c4ccccc4n4c5cc6sccc6nc5c(c1)c2c34. The van der Waals surface area contributed by atoms with Crippen LogP contribution in [0.4, 0.5) is 0 Å². The smallest absolute Gasteiger partial charge is 0.0957 e. The lowest BCUT2D eigenvalue weighted by Crippen LogP contribution is -1.94. The molecule has 0 unspecified atom stereocenters. The predicted octanol–water partition coefficient (Wildman–Crippen LogP) is 6.60. The van der Waals surface area contributed by atoms with E-state index in [1.165, 1.54) is 48.2 Å². The second-order valence-corrected chi connectivity index (χ2v) is 7.83. The summed E-state index contributed by atoms with van der Waals surface area (Å²) in [5, 5.41) is 8.58. The maximum Gasteiger partial charge on any atom is 0.0957 e. The van der Waals surface area contributed by atoms with Crippen molar-refractivity contribution in [3.05, 3.63) is 72.1 Å². The number of aromatic nitrogens is 2. The summed E-state index contributed by atoms with van der Waals surface area (Å²) >= 11 is 1.76. The Kier molecular flexibility index (Phi) is 2.17. The van der Waals surface area contributed by atoms with Gasteiger partial charge in [0, 0.05) is 21.5 Å². The molecule has 0 atom stereocenters. The third kappa shape index (κ3) is 1.39. The van der Waals surface area contributed by atoms with Gasteiger partial charge in [-0.25, -0.2) is 4.98 Å². The van der Waals surface area contributed by atoms with E-state index in [2.05, 4.69) is 76.5 Å². The van der Waals surface area contributed by atoms with E-state index in [1.54, 1.807) is 11.3 Å². The predicted molar refractivity (Wildman–Crippen MR) is 112 cm³/mol. The molecule has 3 heteroatoms. The summed E-state index contributed by atoms with van der Waals surface area (Å²) in [6.45, 7) is 0. The molecule has 3 aromatic carbocycles. The maximum atomic E-state index is 5.06. The van der Waals surface area contributed by atoms with Gasteiger partial charge in [-0.05, 0) is 29.0 Å². The van der Waals surface area contributed by atoms with E-state index in [0.717, 1.165) is 11.0 Å². The molecule has 120 valence electrons. The molecule has 2 nitrogen and oxygen atoms in total. The fourth-order valence-corrected chi connectivity index (χ4v) is 5.29.